The molecule has 0 saturated carbocycles. The predicted molar refractivity (Wildman–Crippen MR) is 85.4 cm³/mol. The van der Waals surface area contributed by atoms with Gasteiger partial charge in [-0.1, -0.05) is 26.0 Å². The lowest BCUT2D eigenvalue weighted by Crippen LogP contribution is -2.45. The molecule has 1 heterocycles. The van der Waals surface area contributed by atoms with Crippen LogP contribution < -0.4 is 0 Å². The van der Waals surface area contributed by atoms with Crippen LogP contribution in [0.5, 0.6) is 0 Å². The maximum Gasteiger partial charge on any atom is 0.308 e. The molecule has 3 unspecified atom stereocenters. The highest BCUT2D eigenvalue weighted by atomic mass is 19.1. The average Bonchev–Trinajstić information content (AvgIpc) is 2.46. The Labute approximate surface area is 136 Å². The van der Waals surface area contributed by atoms with Gasteiger partial charge in [-0.15, -0.1) is 0 Å². The van der Waals surface area contributed by atoms with Crippen LogP contribution >= 0.6 is 0 Å². The minimum absolute atomic E-state index is 0.00768. The molecule has 1 saturated heterocycles. The number of carbonyl (C=O) groups is 2. The molecule has 1 aromatic carbocycles. The highest BCUT2D eigenvalue weighted by molar-refractivity contribution is 5.78. The topological polar surface area (TPSA) is 57.6 Å². The lowest BCUT2D eigenvalue weighted by atomic mass is 9.89. The first-order valence-corrected chi connectivity index (χ1v) is 8.10. The van der Waals surface area contributed by atoms with Gasteiger partial charge in [-0.3, -0.25) is 9.59 Å². The van der Waals surface area contributed by atoms with Gasteiger partial charge in [0.05, 0.1) is 5.92 Å². The van der Waals surface area contributed by atoms with E-state index < -0.39 is 11.9 Å². The van der Waals surface area contributed by atoms with E-state index in [4.69, 9.17) is 0 Å². The molecule has 23 heavy (non-hydrogen) atoms. The van der Waals surface area contributed by atoms with E-state index in [0.29, 0.717) is 32.4 Å². The van der Waals surface area contributed by atoms with E-state index in [1.54, 1.807) is 11.0 Å². The van der Waals surface area contributed by atoms with E-state index in [-0.39, 0.29) is 23.6 Å². The van der Waals surface area contributed by atoms with Crippen LogP contribution in [0.3, 0.4) is 0 Å². The first-order valence-electron chi connectivity index (χ1n) is 8.10. The molecular weight excluding hydrogens is 297 g/mol. The van der Waals surface area contributed by atoms with Gasteiger partial charge in [0.2, 0.25) is 5.91 Å². The van der Waals surface area contributed by atoms with Crippen molar-refractivity contribution in [3.63, 3.8) is 0 Å². The highest BCUT2D eigenvalue weighted by Gasteiger charge is 2.32. The van der Waals surface area contributed by atoms with Crippen LogP contribution in [0.1, 0.15) is 32.3 Å². The molecule has 5 heteroatoms. The van der Waals surface area contributed by atoms with Gasteiger partial charge in [-0.2, -0.15) is 0 Å². The molecule has 0 bridgehead atoms. The van der Waals surface area contributed by atoms with E-state index in [1.165, 1.54) is 12.1 Å². The summed E-state index contributed by atoms with van der Waals surface area (Å²) in [4.78, 5) is 25.3. The van der Waals surface area contributed by atoms with Gasteiger partial charge in [0.15, 0.2) is 0 Å². The Morgan fingerprint density at radius 2 is 2.13 bits per heavy atom. The number of halogens is 1. The fourth-order valence-corrected chi connectivity index (χ4v) is 3.30. The first kappa shape index (κ1) is 17.4. The molecule has 4 nitrogen and oxygen atoms in total. The molecule has 3 atom stereocenters. The van der Waals surface area contributed by atoms with Crippen LogP contribution in [0.2, 0.25) is 0 Å². The lowest BCUT2D eigenvalue weighted by Gasteiger charge is -2.35. The molecule has 0 spiro atoms. The number of nitrogens with zero attached hydrogens (tertiary/aromatic N) is 1. The van der Waals surface area contributed by atoms with Crippen molar-refractivity contribution in [2.75, 3.05) is 13.1 Å². The Balaban J connectivity index is 1.91. The third-order valence-electron chi connectivity index (χ3n) is 4.36. The number of amides is 1. The molecule has 1 amide bonds. The molecule has 1 aliphatic heterocycles. The summed E-state index contributed by atoms with van der Waals surface area (Å²) >= 11 is 0. The van der Waals surface area contributed by atoms with Gasteiger partial charge in [0.1, 0.15) is 5.82 Å². The standard InChI is InChI=1S/C18H24FNO3/c1-12(6-14-4-3-5-16(19)9-14)8-17(21)20-10-13(2)7-15(11-20)18(22)23/h3-5,9,12-13,15H,6-8,10-11H2,1-2H3,(H,22,23). The molecular formula is C18H24FNO3. The number of carboxylic acids is 1. The van der Waals surface area contributed by atoms with Crippen LogP contribution in [-0.2, 0) is 16.0 Å². The van der Waals surface area contributed by atoms with Gasteiger partial charge in [0.25, 0.3) is 0 Å². The second-order valence-corrected chi connectivity index (χ2v) is 6.82. The molecule has 1 N–H and O–H groups in total. The van der Waals surface area contributed by atoms with Crippen molar-refractivity contribution in [2.45, 2.75) is 33.1 Å². The van der Waals surface area contributed by atoms with E-state index in [9.17, 15) is 19.1 Å². The number of carbonyl (C=O) groups excluding carboxylic acids is 1. The Kier molecular flexibility index (Phi) is 5.74. The minimum Gasteiger partial charge on any atom is -0.481 e. The van der Waals surface area contributed by atoms with E-state index in [2.05, 4.69) is 0 Å². The Morgan fingerprint density at radius 3 is 2.78 bits per heavy atom. The molecule has 1 aromatic rings. The quantitative estimate of drug-likeness (QED) is 0.907. The Bertz CT molecular complexity index is 575. The largest absolute Gasteiger partial charge is 0.481 e. The minimum atomic E-state index is -0.831. The fourth-order valence-electron chi connectivity index (χ4n) is 3.30. The van der Waals surface area contributed by atoms with Crippen LogP contribution in [-0.4, -0.2) is 35.0 Å². The second-order valence-electron chi connectivity index (χ2n) is 6.82. The summed E-state index contributed by atoms with van der Waals surface area (Å²) in [6.45, 7) is 4.86. The van der Waals surface area contributed by atoms with Crippen LogP contribution in [0.4, 0.5) is 4.39 Å². The van der Waals surface area contributed by atoms with Crippen molar-refractivity contribution in [3.05, 3.63) is 35.6 Å². The average molecular weight is 321 g/mol. The summed E-state index contributed by atoms with van der Waals surface area (Å²) in [6.07, 6.45) is 1.61. The molecule has 1 aliphatic rings. The maximum atomic E-state index is 13.2. The van der Waals surface area contributed by atoms with E-state index >= 15 is 0 Å². The van der Waals surface area contributed by atoms with Crippen molar-refractivity contribution in [1.29, 1.82) is 0 Å². The number of aliphatic carboxylic acids is 1. The van der Waals surface area contributed by atoms with Crippen LogP contribution in [0.25, 0.3) is 0 Å². The van der Waals surface area contributed by atoms with Gasteiger partial charge in [-0.25, -0.2) is 4.39 Å². The zero-order valence-electron chi connectivity index (χ0n) is 13.7. The van der Waals surface area contributed by atoms with Gasteiger partial charge in [-0.05, 0) is 42.4 Å². The molecule has 1 fully saturated rings. The molecule has 0 radical (unpaired) electrons. The molecule has 2 rings (SSSR count). The zero-order valence-corrected chi connectivity index (χ0v) is 13.7. The number of likely N-dealkylation sites (tertiary alicyclic amines) is 1. The SMILES string of the molecule is CC(CC(=O)N1CC(C)CC(C(=O)O)C1)Cc1cccc(F)c1. The molecule has 0 aliphatic carbocycles. The van der Waals surface area contributed by atoms with Crippen molar-refractivity contribution in [3.8, 4) is 0 Å². The summed E-state index contributed by atoms with van der Waals surface area (Å²) in [5, 5.41) is 9.18. The maximum absolute atomic E-state index is 13.2. The predicted octanol–water partition coefficient (Wildman–Crippen LogP) is 2.96. The van der Waals surface area contributed by atoms with Crippen LogP contribution in [0.15, 0.2) is 24.3 Å². The van der Waals surface area contributed by atoms with Gasteiger partial charge >= 0.3 is 5.97 Å². The van der Waals surface area contributed by atoms with Crippen molar-refractivity contribution >= 4 is 11.9 Å². The third kappa shape index (κ3) is 5.05. The highest BCUT2D eigenvalue weighted by Crippen LogP contribution is 2.23. The smallest absolute Gasteiger partial charge is 0.308 e. The molecule has 126 valence electrons. The van der Waals surface area contributed by atoms with Gasteiger partial charge in [0, 0.05) is 19.5 Å². The summed E-state index contributed by atoms with van der Waals surface area (Å²) in [7, 11) is 0. The number of carboxylic acid groups (broad SMARTS) is 1. The second kappa shape index (κ2) is 7.57. The number of hydrogen-bond donors (Lipinski definition) is 1. The Hall–Kier alpha value is -1.91. The zero-order chi connectivity index (χ0) is 17.0. The summed E-state index contributed by atoms with van der Waals surface area (Å²) in [5.74, 6) is -1.29. The monoisotopic (exact) mass is 321 g/mol. The van der Waals surface area contributed by atoms with Crippen molar-refractivity contribution in [2.24, 2.45) is 17.8 Å². The fraction of sp³-hybridized carbons (Fsp3) is 0.556. The van der Waals surface area contributed by atoms with Crippen molar-refractivity contribution in [1.82, 2.24) is 4.90 Å². The first-order chi connectivity index (χ1) is 10.8. The van der Waals surface area contributed by atoms with Gasteiger partial charge < -0.3 is 10.0 Å². The summed E-state index contributed by atoms with van der Waals surface area (Å²) in [6, 6.07) is 6.42. The van der Waals surface area contributed by atoms with Crippen LogP contribution in [0, 0.1) is 23.6 Å². The number of benzene rings is 1. The lowest BCUT2D eigenvalue weighted by molar-refractivity contribution is -0.147. The normalized spacial score (nSPS) is 22.7. The van der Waals surface area contributed by atoms with E-state index in [0.717, 1.165) is 5.56 Å². The summed E-state index contributed by atoms with van der Waals surface area (Å²) in [5.41, 5.74) is 0.876. The van der Waals surface area contributed by atoms with Crippen molar-refractivity contribution < 1.29 is 19.1 Å². The molecule has 0 aromatic heterocycles. The third-order valence-corrected chi connectivity index (χ3v) is 4.36. The van der Waals surface area contributed by atoms with E-state index in [1.807, 2.05) is 19.9 Å². The number of piperidine rings is 1. The number of hydrogen-bond acceptors (Lipinski definition) is 2. The Morgan fingerprint density at radius 1 is 1.39 bits per heavy atom. The number of rotatable bonds is 5. The summed E-state index contributed by atoms with van der Waals surface area (Å²) < 4.78 is 13.2.